The third-order valence-corrected chi connectivity index (χ3v) is 3.20. The summed E-state index contributed by atoms with van der Waals surface area (Å²) >= 11 is 1.78. The Balaban J connectivity index is 2.06. The van der Waals surface area contributed by atoms with Gasteiger partial charge >= 0.3 is 0 Å². The van der Waals surface area contributed by atoms with Crippen molar-refractivity contribution < 1.29 is 0 Å². The summed E-state index contributed by atoms with van der Waals surface area (Å²) in [6.45, 7) is 2.29. The molecule has 2 aromatic rings. The van der Waals surface area contributed by atoms with E-state index in [1.54, 1.807) is 11.3 Å². The van der Waals surface area contributed by atoms with Crippen molar-refractivity contribution in [3.8, 4) is 0 Å². The number of benzene rings is 1. The van der Waals surface area contributed by atoms with Crippen LogP contribution >= 0.6 is 11.3 Å². The lowest BCUT2D eigenvalue weighted by atomic mass is 9.96. The van der Waals surface area contributed by atoms with Crippen LogP contribution in [0.15, 0.2) is 47.2 Å². The molecule has 2 rings (SSSR count). The minimum atomic E-state index is 0.628. The lowest BCUT2D eigenvalue weighted by molar-refractivity contribution is 0.763. The van der Waals surface area contributed by atoms with Crippen molar-refractivity contribution in [1.29, 1.82) is 0 Å². The molecule has 1 aromatic heterocycles. The van der Waals surface area contributed by atoms with Crippen molar-refractivity contribution in [3.63, 3.8) is 0 Å². The Morgan fingerprint density at radius 3 is 2.57 bits per heavy atom. The number of hydrogen-bond acceptors (Lipinski definition) is 1. The number of thiophene rings is 1. The van der Waals surface area contributed by atoms with E-state index in [-0.39, 0.29) is 0 Å². The maximum absolute atomic E-state index is 2.29. The summed E-state index contributed by atoms with van der Waals surface area (Å²) in [5.41, 5.74) is 2.88. The van der Waals surface area contributed by atoms with E-state index in [9.17, 15) is 0 Å². The summed E-state index contributed by atoms with van der Waals surface area (Å²) in [5, 5.41) is 4.39. The quantitative estimate of drug-likeness (QED) is 0.703. The molecule has 0 spiro atoms. The molecular formula is C13H14S. The van der Waals surface area contributed by atoms with E-state index >= 15 is 0 Å². The lowest BCUT2D eigenvalue weighted by Crippen LogP contribution is -1.96. The molecule has 0 aliphatic rings. The predicted molar refractivity (Wildman–Crippen MR) is 62.9 cm³/mol. The SMILES string of the molecule is CC(Cc1ccccc1)c1ccsc1. The van der Waals surface area contributed by atoms with Gasteiger partial charge in [-0.3, -0.25) is 0 Å². The molecule has 1 atom stereocenters. The fraction of sp³-hybridized carbons (Fsp3) is 0.231. The molecule has 0 N–H and O–H groups in total. The summed E-state index contributed by atoms with van der Waals surface area (Å²) in [6, 6.07) is 12.9. The van der Waals surface area contributed by atoms with Gasteiger partial charge in [-0.15, -0.1) is 0 Å². The van der Waals surface area contributed by atoms with Gasteiger partial charge in [0.25, 0.3) is 0 Å². The van der Waals surface area contributed by atoms with E-state index in [0.717, 1.165) is 6.42 Å². The highest BCUT2D eigenvalue weighted by Crippen LogP contribution is 2.22. The van der Waals surface area contributed by atoms with Crippen molar-refractivity contribution in [2.75, 3.05) is 0 Å². The second kappa shape index (κ2) is 4.43. The van der Waals surface area contributed by atoms with Crippen LogP contribution in [0.5, 0.6) is 0 Å². The van der Waals surface area contributed by atoms with Gasteiger partial charge in [0.2, 0.25) is 0 Å². The highest BCUT2D eigenvalue weighted by molar-refractivity contribution is 7.07. The van der Waals surface area contributed by atoms with Crippen LogP contribution < -0.4 is 0 Å². The molecule has 0 saturated carbocycles. The van der Waals surface area contributed by atoms with Gasteiger partial charge in [0.15, 0.2) is 0 Å². The Labute approximate surface area is 89.2 Å². The first kappa shape index (κ1) is 9.47. The van der Waals surface area contributed by atoms with Crippen molar-refractivity contribution in [3.05, 3.63) is 58.3 Å². The van der Waals surface area contributed by atoms with Crippen LogP contribution in [0.4, 0.5) is 0 Å². The van der Waals surface area contributed by atoms with E-state index in [4.69, 9.17) is 0 Å². The van der Waals surface area contributed by atoms with Gasteiger partial charge in [0, 0.05) is 0 Å². The Bertz CT molecular complexity index is 361. The molecule has 0 aliphatic carbocycles. The molecule has 72 valence electrons. The van der Waals surface area contributed by atoms with E-state index in [0.29, 0.717) is 5.92 Å². The van der Waals surface area contributed by atoms with Gasteiger partial charge in [-0.05, 0) is 40.3 Å². The third-order valence-electron chi connectivity index (χ3n) is 2.50. The minimum Gasteiger partial charge on any atom is -0.152 e. The van der Waals surface area contributed by atoms with Crippen LogP contribution in [0.25, 0.3) is 0 Å². The lowest BCUT2D eigenvalue weighted by Gasteiger charge is -2.09. The Morgan fingerprint density at radius 1 is 1.14 bits per heavy atom. The van der Waals surface area contributed by atoms with Gasteiger partial charge in [0.1, 0.15) is 0 Å². The van der Waals surface area contributed by atoms with Crippen LogP contribution in [-0.4, -0.2) is 0 Å². The van der Waals surface area contributed by atoms with Gasteiger partial charge in [0.05, 0.1) is 0 Å². The average Bonchev–Trinajstić information content (AvgIpc) is 2.72. The van der Waals surface area contributed by atoms with Gasteiger partial charge < -0.3 is 0 Å². The van der Waals surface area contributed by atoms with Crippen LogP contribution in [0.3, 0.4) is 0 Å². The normalized spacial score (nSPS) is 12.6. The number of rotatable bonds is 3. The molecule has 1 heteroatoms. The third kappa shape index (κ3) is 2.24. The largest absolute Gasteiger partial charge is 0.152 e. The Hall–Kier alpha value is -1.08. The molecule has 1 unspecified atom stereocenters. The Morgan fingerprint density at radius 2 is 1.93 bits per heavy atom. The summed E-state index contributed by atoms with van der Waals surface area (Å²) in [6.07, 6.45) is 1.14. The molecule has 1 heterocycles. The average molecular weight is 202 g/mol. The van der Waals surface area contributed by atoms with Crippen molar-refractivity contribution in [2.45, 2.75) is 19.3 Å². The first-order valence-corrected chi connectivity index (χ1v) is 5.86. The van der Waals surface area contributed by atoms with Crippen LogP contribution in [0.2, 0.25) is 0 Å². The predicted octanol–water partition coefficient (Wildman–Crippen LogP) is 4.09. The summed E-state index contributed by atoms with van der Waals surface area (Å²) in [4.78, 5) is 0. The summed E-state index contributed by atoms with van der Waals surface area (Å²) in [7, 11) is 0. The molecule has 1 aromatic carbocycles. The topological polar surface area (TPSA) is 0 Å². The molecule has 0 radical (unpaired) electrons. The smallest absolute Gasteiger partial charge is 0.00584 e. The van der Waals surface area contributed by atoms with Crippen molar-refractivity contribution >= 4 is 11.3 Å². The van der Waals surface area contributed by atoms with Crippen LogP contribution in [0.1, 0.15) is 24.0 Å². The monoisotopic (exact) mass is 202 g/mol. The molecule has 0 nitrogen and oxygen atoms in total. The highest BCUT2D eigenvalue weighted by atomic mass is 32.1. The van der Waals surface area contributed by atoms with Gasteiger partial charge in [-0.25, -0.2) is 0 Å². The standard InChI is InChI=1S/C13H14S/c1-11(13-7-8-14-10-13)9-12-5-3-2-4-6-12/h2-8,10-11H,9H2,1H3. The van der Waals surface area contributed by atoms with E-state index < -0.39 is 0 Å². The highest BCUT2D eigenvalue weighted by Gasteiger charge is 2.05. The molecule has 0 bridgehead atoms. The summed E-state index contributed by atoms with van der Waals surface area (Å²) in [5.74, 6) is 0.628. The fourth-order valence-corrected chi connectivity index (χ4v) is 2.42. The maximum atomic E-state index is 2.29. The second-order valence-corrected chi connectivity index (χ2v) is 4.43. The zero-order valence-electron chi connectivity index (χ0n) is 8.31. The number of hydrogen-bond donors (Lipinski definition) is 0. The molecule has 14 heavy (non-hydrogen) atoms. The molecule has 0 amide bonds. The summed E-state index contributed by atoms with van der Waals surface area (Å²) < 4.78 is 0. The molecule has 0 saturated heterocycles. The fourth-order valence-electron chi connectivity index (χ4n) is 1.64. The van der Waals surface area contributed by atoms with E-state index in [2.05, 4.69) is 54.1 Å². The van der Waals surface area contributed by atoms with Crippen molar-refractivity contribution in [1.82, 2.24) is 0 Å². The molecule has 0 aliphatic heterocycles. The molecule has 0 fully saturated rings. The van der Waals surface area contributed by atoms with Crippen molar-refractivity contribution in [2.24, 2.45) is 0 Å². The first-order chi connectivity index (χ1) is 6.86. The van der Waals surface area contributed by atoms with Gasteiger partial charge in [-0.1, -0.05) is 37.3 Å². The minimum absolute atomic E-state index is 0.628. The van der Waals surface area contributed by atoms with E-state index in [1.165, 1.54) is 11.1 Å². The second-order valence-electron chi connectivity index (χ2n) is 3.65. The zero-order valence-corrected chi connectivity index (χ0v) is 9.13. The molecular weight excluding hydrogens is 188 g/mol. The zero-order chi connectivity index (χ0) is 9.80. The maximum Gasteiger partial charge on any atom is -0.00584 e. The van der Waals surface area contributed by atoms with Crippen LogP contribution in [0, 0.1) is 0 Å². The Kier molecular flexibility index (Phi) is 3.00. The van der Waals surface area contributed by atoms with E-state index in [1.807, 2.05) is 0 Å². The van der Waals surface area contributed by atoms with Gasteiger partial charge in [-0.2, -0.15) is 11.3 Å². The van der Waals surface area contributed by atoms with Crippen LogP contribution in [-0.2, 0) is 6.42 Å². The first-order valence-electron chi connectivity index (χ1n) is 4.92.